The summed E-state index contributed by atoms with van der Waals surface area (Å²) in [6, 6.07) is 12.2. The highest BCUT2D eigenvalue weighted by molar-refractivity contribution is 6.02. The molecule has 1 aliphatic heterocycles. The van der Waals surface area contributed by atoms with Gasteiger partial charge in [0, 0.05) is 43.5 Å². The number of amides is 3. The number of rotatable bonds is 8. The van der Waals surface area contributed by atoms with Crippen molar-refractivity contribution in [2.24, 2.45) is 5.92 Å². The molecule has 0 aliphatic carbocycles. The molecular formula is C38H46F6N4O5. The van der Waals surface area contributed by atoms with Gasteiger partial charge in [0.2, 0.25) is 0 Å². The Hall–Kier alpha value is -4.34. The van der Waals surface area contributed by atoms with Crippen LogP contribution in [0.1, 0.15) is 67.1 Å². The number of aliphatic hydroxyl groups is 1. The Balaban J connectivity index is 1.55. The molecule has 3 amide bonds. The molecule has 15 heteroatoms. The Morgan fingerprint density at radius 2 is 1.51 bits per heavy atom. The van der Waals surface area contributed by atoms with Gasteiger partial charge in [0.25, 0.3) is 5.91 Å². The van der Waals surface area contributed by atoms with E-state index in [4.69, 9.17) is 9.47 Å². The largest absolute Gasteiger partial charge is 0.490 e. The van der Waals surface area contributed by atoms with Gasteiger partial charge in [0.05, 0.1) is 41.5 Å². The molecule has 0 saturated heterocycles. The zero-order valence-electron chi connectivity index (χ0n) is 30.1. The van der Waals surface area contributed by atoms with Gasteiger partial charge in [-0.25, -0.2) is 4.79 Å². The van der Waals surface area contributed by atoms with Crippen molar-refractivity contribution in [3.8, 4) is 5.75 Å². The molecule has 0 spiro atoms. The predicted molar refractivity (Wildman–Crippen MR) is 189 cm³/mol. The van der Waals surface area contributed by atoms with Gasteiger partial charge in [-0.2, -0.15) is 26.3 Å². The van der Waals surface area contributed by atoms with Crippen LogP contribution in [0.4, 0.5) is 42.5 Å². The molecule has 9 nitrogen and oxygen atoms in total. The van der Waals surface area contributed by atoms with Gasteiger partial charge in [0.1, 0.15) is 5.75 Å². The highest BCUT2D eigenvalue weighted by Crippen LogP contribution is 2.32. The summed E-state index contributed by atoms with van der Waals surface area (Å²) in [6.45, 7) is 6.54. The molecule has 0 fully saturated rings. The van der Waals surface area contributed by atoms with Crippen LogP contribution in [0.2, 0.25) is 0 Å². The standard InChI is InChI=1S/C38H46F6N4O5/c1-24-20-48(25(2)23-49)35(50)32-19-31(46-36(51)45-30-14-12-29(13-15-30)38(42,43)44)16-17-33(32)53-26(3)7-5-6-18-52-34(24)22-47(4)21-27-8-10-28(11-9-27)37(39,40)41/h8-17,19,24-26,34,49H,5-7,18,20-23H2,1-4H3,(H2,45,46,51)/t24-,25-,26-,34+/m1/s1. The van der Waals surface area contributed by atoms with Gasteiger partial charge in [-0.05, 0) is 100 Å². The molecule has 4 rings (SSSR count). The number of nitrogens with one attached hydrogen (secondary N) is 2. The van der Waals surface area contributed by atoms with Crippen LogP contribution in [-0.2, 0) is 23.6 Å². The predicted octanol–water partition coefficient (Wildman–Crippen LogP) is 8.30. The van der Waals surface area contributed by atoms with Gasteiger partial charge in [0.15, 0.2) is 0 Å². The quantitative estimate of drug-likeness (QED) is 0.200. The van der Waals surface area contributed by atoms with E-state index in [0.29, 0.717) is 31.7 Å². The van der Waals surface area contributed by atoms with E-state index in [1.54, 1.807) is 19.1 Å². The number of urea groups is 1. The number of benzene rings is 3. The van der Waals surface area contributed by atoms with Crippen molar-refractivity contribution < 1.29 is 50.5 Å². The number of ether oxygens (including phenoxy) is 2. The number of anilines is 2. The lowest BCUT2D eigenvalue weighted by Gasteiger charge is -2.36. The monoisotopic (exact) mass is 752 g/mol. The highest BCUT2D eigenvalue weighted by atomic mass is 19.4. The van der Waals surface area contributed by atoms with E-state index in [1.165, 1.54) is 23.1 Å². The molecule has 1 aliphatic rings. The second-order valence-corrected chi connectivity index (χ2v) is 13.6. The number of carbonyl (C=O) groups excluding carboxylic acids is 2. The van der Waals surface area contributed by atoms with Crippen molar-refractivity contribution in [1.29, 1.82) is 0 Å². The average molecular weight is 753 g/mol. The topological polar surface area (TPSA) is 103 Å². The van der Waals surface area contributed by atoms with Gasteiger partial charge in [-0.3, -0.25) is 9.69 Å². The summed E-state index contributed by atoms with van der Waals surface area (Å²) < 4.78 is 90.7. The Bertz CT molecular complexity index is 1650. The van der Waals surface area contributed by atoms with E-state index in [2.05, 4.69) is 10.6 Å². The first kappa shape index (κ1) is 41.4. The first-order valence-corrected chi connectivity index (χ1v) is 17.4. The minimum absolute atomic E-state index is 0.126. The van der Waals surface area contributed by atoms with Crippen LogP contribution in [0.15, 0.2) is 66.7 Å². The lowest BCUT2D eigenvalue weighted by Crippen LogP contribution is -2.47. The SMILES string of the molecule is C[C@@H]1CCCCO[C@@H](CN(C)Cc2ccc(C(F)(F)F)cc2)[C@H](C)CN([C@H](C)CO)C(=O)c2cc(NC(=O)Nc3ccc(C(F)(F)F)cc3)ccc2O1. The Kier molecular flexibility index (Phi) is 14.2. The van der Waals surface area contributed by atoms with Crippen LogP contribution < -0.4 is 15.4 Å². The van der Waals surface area contributed by atoms with Crippen LogP contribution in [0.5, 0.6) is 5.75 Å². The van der Waals surface area contributed by atoms with Crippen molar-refractivity contribution in [3.63, 3.8) is 0 Å². The maximum Gasteiger partial charge on any atom is 0.416 e. The van der Waals surface area contributed by atoms with Crippen molar-refractivity contribution in [2.45, 2.75) is 77.2 Å². The lowest BCUT2D eigenvalue weighted by molar-refractivity contribution is -0.138. The molecule has 53 heavy (non-hydrogen) atoms. The third kappa shape index (κ3) is 12.1. The molecule has 290 valence electrons. The summed E-state index contributed by atoms with van der Waals surface area (Å²) in [4.78, 5) is 30.7. The molecule has 3 N–H and O–H groups in total. The third-order valence-electron chi connectivity index (χ3n) is 9.00. The molecule has 3 aromatic carbocycles. The summed E-state index contributed by atoms with van der Waals surface area (Å²) in [5.74, 6) is -0.452. The molecule has 0 radical (unpaired) electrons. The second-order valence-electron chi connectivity index (χ2n) is 13.6. The summed E-state index contributed by atoms with van der Waals surface area (Å²) >= 11 is 0. The van der Waals surface area contributed by atoms with Crippen molar-refractivity contribution in [3.05, 3.63) is 89.0 Å². The van der Waals surface area contributed by atoms with E-state index < -0.39 is 41.5 Å². The fraction of sp³-hybridized carbons (Fsp3) is 0.474. The van der Waals surface area contributed by atoms with Crippen LogP contribution >= 0.6 is 0 Å². The van der Waals surface area contributed by atoms with E-state index in [9.17, 15) is 41.0 Å². The molecule has 0 unspecified atom stereocenters. The third-order valence-corrected chi connectivity index (χ3v) is 9.00. The number of fused-ring (bicyclic) bond motifs is 1. The number of hydrogen-bond donors (Lipinski definition) is 3. The molecule has 4 atom stereocenters. The number of carbonyl (C=O) groups is 2. The van der Waals surface area contributed by atoms with E-state index >= 15 is 0 Å². The average Bonchev–Trinajstić information content (AvgIpc) is 3.09. The highest BCUT2D eigenvalue weighted by Gasteiger charge is 2.32. The fourth-order valence-electron chi connectivity index (χ4n) is 5.98. The normalized spacial score (nSPS) is 19.9. The maximum absolute atomic E-state index is 14.4. The lowest BCUT2D eigenvalue weighted by atomic mass is 10.0. The summed E-state index contributed by atoms with van der Waals surface area (Å²) in [5.41, 5.74) is -0.412. The Morgan fingerprint density at radius 3 is 2.11 bits per heavy atom. The molecule has 1 heterocycles. The van der Waals surface area contributed by atoms with E-state index in [1.807, 2.05) is 25.8 Å². The number of hydrogen-bond acceptors (Lipinski definition) is 6. The molecule has 0 aromatic heterocycles. The minimum Gasteiger partial charge on any atom is -0.490 e. The van der Waals surface area contributed by atoms with E-state index in [0.717, 1.165) is 49.2 Å². The van der Waals surface area contributed by atoms with Gasteiger partial charge in [-0.1, -0.05) is 19.1 Å². The number of alkyl halides is 6. The first-order valence-electron chi connectivity index (χ1n) is 17.4. The molecular weight excluding hydrogens is 706 g/mol. The van der Waals surface area contributed by atoms with Crippen LogP contribution in [0.3, 0.4) is 0 Å². The Labute approximate surface area is 305 Å². The zero-order chi connectivity index (χ0) is 38.9. The number of halogens is 6. The minimum atomic E-state index is -4.52. The van der Waals surface area contributed by atoms with Gasteiger partial charge < -0.3 is 30.1 Å². The molecule has 0 saturated carbocycles. The second kappa shape index (κ2) is 18.1. The number of likely N-dealkylation sites (N-methyl/N-ethyl adjacent to an activating group) is 1. The number of nitrogens with zero attached hydrogens (tertiary/aromatic N) is 2. The smallest absolute Gasteiger partial charge is 0.416 e. The van der Waals surface area contributed by atoms with Gasteiger partial charge in [-0.15, -0.1) is 0 Å². The summed E-state index contributed by atoms with van der Waals surface area (Å²) in [7, 11) is 1.84. The van der Waals surface area contributed by atoms with Crippen molar-refractivity contribution in [1.82, 2.24) is 9.80 Å². The Morgan fingerprint density at radius 1 is 0.925 bits per heavy atom. The van der Waals surface area contributed by atoms with Gasteiger partial charge >= 0.3 is 18.4 Å². The van der Waals surface area contributed by atoms with E-state index in [-0.39, 0.29) is 54.0 Å². The molecule has 0 bridgehead atoms. The first-order chi connectivity index (χ1) is 24.9. The van der Waals surface area contributed by atoms with Crippen LogP contribution in [0, 0.1) is 5.92 Å². The molecule has 3 aromatic rings. The maximum atomic E-state index is 14.4. The van der Waals surface area contributed by atoms with Crippen molar-refractivity contribution >= 4 is 23.3 Å². The van der Waals surface area contributed by atoms with Crippen LogP contribution in [-0.4, -0.2) is 78.4 Å². The summed E-state index contributed by atoms with van der Waals surface area (Å²) in [6.07, 6.45) is -7.47. The number of aliphatic hydroxyl groups excluding tert-OH is 1. The fourth-order valence-corrected chi connectivity index (χ4v) is 5.98. The van der Waals surface area contributed by atoms with Crippen molar-refractivity contribution in [2.75, 3.05) is 44.0 Å². The van der Waals surface area contributed by atoms with Crippen LogP contribution in [0.25, 0.3) is 0 Å². The zero-order valence-corrected chi connectivity index (χ0v) is 30.1. The summed E-state index contributed by atoms with van der Waals surface area (Å²) in [5, 5.41) is 15.3.